The first-order chi connectivity index (χ1) is 9.78. The van der Waals surface area contributed by atoms with Crippen molar-refractivity contribution in [3.8, 4) is 0 Å². The summed E-state index contributed by atoms with van der Waals surface area (Å²) >= 11 is 8.91. The predicted octanol–water partition coefficient (Wildman–Crippen LogP) is 2.62. The van der Waals surface area contributed by atoms with Gasteiger partial charge < -0.3 is 10.5 Å². The Hall–Kier alpha value is -0.410. The molecule has 5 nitrogen and oxygen atoms in total. The molecule has 1 aliphatic rings. The normalized spacial score (nSPS) is 18.1. The molecule has 9 heteroatoms. The van der Waals surface area contributed by atoms with Gasteiger partial charge in [-0.3, -0.25) is 0 Å². The van der Waals surface area contributed by atoms with Gasteiger partial charge in [0.25, 0.3) is 0 Å². The lowest BCUT2D eigenvalue weighted by atomic mass is 10.1. The van der Waals surface area contributed by atoms with Gasteiger partial charge in [-0.15, -0.1) is 0 Å². The summed E-state index contributed by atoms with van der Waals surface area (Å²) in [5, 5.41) is 0.0549. The fourth-order valence-corrected chi connectivity index (χ4v) is 4.37. The summed E-state index contributed by atoms with van der Waals surface area (Å²) in [6.45, 7) is 0.543. The highest BCUT2D eigenvalue weighted by Crippen LogP contribution is 2.36. The number of rotatable bonds is 3. The van der Waals surface area contributed by atoms with E-state index >= 15 is 0 Å². The Labute approximate surface area is 136 Å². The number of nitrogens with zero attached hydrogens (tertiary/aromatic N) is 1. The maximum Gasteiger partial charge on any atom is 0.246 e. The largest absolute Gasteiger partial charge is 0.395 e. The lowest BCUT2D eigenvalue weighted by Gasteiger charge is -2.30. The molecule has 0 atom stereocenters. The highest BCUT2D eigenvalue weighted by molar-refractivity contribution is 9.10. The van der Waals surface area contributed by atoms with Crippen molar-refractivity contribution < 1.29 is 17.5 Å². The third kappa shape index (κ3) is 3.19. The monoisotopic (exact) mass is 400 g/mol. The number of sulfonamides is 1. The van der Waals surface area contributed by atoms with Crippen LogP contribution < -0.4 is 5.73 Å². The maximum absolute atomic E-state index is 14.2. The van der Waals surface area contributed by atoms with E-state index in [2.05, 4.69) is 15.9 Å². The third-order valence-corrected chi connectivity index (χ3v) is 6.79. The number of hydrogen-bond acceptors (Lipinski definition) is 4. The minimum Gasteiger partial charge on any atom is -0.395 e. The molecular weight excluding hydrogens is 387 g/mol. The Morgan fingerprint density at radius 3 is 2.57 bits per heavy atom. The summed E-state index contributed by atoms with van der Waals surface area (Å²) in [4.78, 5) is -0.496. The number of piperidine rings is 1. The zero-order valence-electron chi connectivity index (χ0n) is 11.3. The molecule has 2 N–H and O–H groups in total. The predicted molar refractivity (Wildman–Crippen MR) is 82.3 cm³/mol. The number of benzene rings is 1. The molecule has 1 heterocycles. The van der Waals surface area contributed by atoms with E-state index in [9.17, 15) is 12.8 Å². The zero-order chi connectivity index (χ0) is 15.8. The van der Waals surface area contributed by atoms with E-state index in [0.29, 0.717) is 12.8 Å². The maximum atomic E-state index is 14.2. The standard InChI is InChI=1S/C12H15BrClFN2O3S/c1-20-7-2-4-17(5-3-7)21(18,19)9-6-8(14)10(13)12(16)11(9)15/h6-7H,2-5,16H2,1H3. The molecule has 0 radical (unpaired) electrons. The number of nitrogens with two attached hydrogens (primary N) is 1. The van der Waals surface area contributed by atoms with Gasteiger partial charge in [-0.05, 0) is 34.8 Å². The SMILES string of the molecule is COC1CCN(S(=O)(=O)c2cc(Cl)c(Br)c(N)c2F)CC1. The summed E-state index contributed by atoms with van der Waals surface area (Å²) in [7, 11) is -2.38. The first-order valence-electron chi connectivity index (χ1n) is 6.25. The van der Waals surface area contributed by atoms with Crippen molar-refractivity contribution in [3.05, 3.63) is 21.4 Å². The molecule has 1 aromatic rings. The third-order valence-electron chi connectivity index (χ3n) is 3.51. The number of nitrogen functional groups attached to an aromatic ring is 1. The van der Waals surface area contributed by atoms with E-state index in [4.69, 9.17) is 22.1 Å². The Bertz CT molecular complexity index is 648. The van der Waals surface area contributed by atoms with Gasteiger partial charge in [0, 0.05) is 20.2 Å². The average molecular weight is 402 g/mol. The molecule has 0 saturated carbocycles. The lowest BCUT2D eigenvalue weighted by molar-refractivity contribution is 0.0604. The van der Waals surface area contributed by atoms with Gasteiger partial charge in [-0.25, -0.2) is 12.8 Å². The molecular formula is C12H15BrClFN2O3S. The molecule has 0 spiro atoms. The van der Waals surface area contributed by atoms with Crippen molar-refractivity contribution in [2.45, 2.75) is 23.8 Å². The first kappa shape index (κ1) is 17.0. The molecule has 1 fully saturated rings. The average Bonchev–Trinajstić information content (AvgIpc) is 2.48. The van der Waals surface area contributed by atoms with Gasteiger partial charge in [0.1, 0.15) is 4.90 Å². The van der Waals surface area contributed by atoms with Crippen LogP contribution in [0.15, 0.2) is 15.4 Å². The number of ether oxygens (including phenoxy) is 1. The van der Waals surface area contributed by atoms with Crippen molar-refractivity contribution in [1.82, 2.24) is 4.31 Å². The number of hydrogen-bond donors (Lipinski definition) is 1. The van der Waals surface area contributed by atoms with Crippen molar-refractivity contribution in [2.75, 3.05) is 25.9 Å². The Balaban J connectivity index is 2.37. The minimum atomic E-state index is -3.97. The summed E-state index contributed by atoms with van der Waals surface area (Å²) < 4.78 is 45.8. The van der Waals surface area contributed by atoms with Gasteiger partial charge in [0.05, 0.1) is 21.3 Å². The van der Waals surface area contributed by atoms with Crippen molar-refractivity contribution in [1.29, 1.82) is 0 Å². The van der Waals surface area contributed by atoms with Crippen LogP contribution in [0.5, 0.6) is 0 Å². The van der Waals surface area contributed by atoms with Gasteiger partial charge in [-0.1, -0.05) is 11.6 Å². The van der Waals surface area contributed by atoms with Crippen molar-refractivity contribution >= 4 is 43.2 Å². The van der Waals surface area contributed by atoms with Crippen LogP contribution >= 0.6 is 27.5 Å². The van der Waals surface area contributed by atoms with Crippen LogP contribution in [0.1, 0.15) is 12.8 Å². The van der Waals surface area contributed by atoms with Crippen LogP contribution in [0.3, 0.4) is 0 Å². The molecule has 0 unspecified atom stereocenters. The van der Waals surface area contributed by atoms with Crippen LogP contribution in [-0.4, -0.2) is 39.0 Å². The smallest absolute Gasteiger partial charge is 0.246 e. The summed E-state index contributed by atoms with van der Waals surface area (Å²) in [6.07, 6.45) is 1.16. The second-order valence-electron chi connectivity index (χ2n) is 4.74. The van der Waals surface area contributed by atoms with Crippen LogP contribution in [0.25, 0.3) is 0 Å². The topological polar surface area (TPSA) is 72.6 Å². The Morgan fingerprint density at radius 2 is 2.05 bits per heavy atom. The van der Waals surface area contributed by atoms with E-state index in [1.165, 1.54) is 4.31 Å². The second-order valence-corrected chi connectivity index (χ2v) is 7.84. The molecule has 118 valence electrons. The molecule has 0 amide bonds. The van der Waals surface area contributed by atoms with Crippen LogP contribution in [-0.2, 0) is 14.8 Å². The fraction of sp³-hybridized carbons (Fsp3) is 0.500. The van der Waals surface area contributed by atoms with Crippen LogP contribution in [0, 0.1) is 5.82 Å². The Morgan fingerprint density at radius 1 is 1.48 bits per heavy atom. The van der Waals surface area contributed by atoms with E-state index in [-0.39, 0.29) is 34.4 Å². The van der Waals surface area contributed by atoms with E-state index in [1.54, 1.807) is 7.11 Å². The molecule has 1 aromatic carbocycles. The second kappa shape index (κ2) is 6.37. The fourth-order valence-electron chi connectivity index (χ4n) is 2.23. The molecule has 21 heavy (non-hydrogen) atoms. The minimum absolute atomic E-state index is 0.0277. The first-order valence-corrected chi connectivity index (χ1v) is 8.86. The highest BCUT2D eigenvalue weighted by atomic mass is 79.9. The van der Waals surface area contributed by atoms with Gasteiger partial charge in [0.2, 0.25) is 10.0 Å². The number of halogens is 3. The molecule has 0 bridgehead atoms. The van der Waals surface area contributed by atoms with E-state index < -0.39 is 20.7 Å². The molecule has 0 aromatic heterocycles. The summed E-state index contributed by atoms with van der Waals surface area (Å²) in [6, 6.07) is 1.08. The molecule has 2 rings (SSSR count). The van der Waals surface area contributed by atoms with E-state index in [1.807, 2.05) is 0 Å². The van der Waals surface area contributed by atoms with Gasteiger partial charge >= 0.3 is 0 Å². The zero-order valence-corrected chi connectivity index (χ0v) is 14.4. The molecule has 1 saturated heterocycles. The van der Waals surface area contributed by atoms with Crippen LogP contribution in [0.2, 0.25) is 5.02 Å². The highest BCUT2D eigenvalue weighted by Gasteiger charge is 2.33. The van der Waals surface area contributed by atoms with Gasteiger partial charge in [0.15, 0.2) is 5.82 Å². The quantitative estimate of drug-likeness (QED) is 0.624. The lowest BCUT2D eigenvalue weighted by Crippen LogP contribution is -2.40. The summed E-state index contributed by atoms with van der Waals surface area (Å²) in [5.41, 5.74) is 5.23. The van der Waals surface area contributed by atoms with E-state index in [0.717, 1.165) is 6.07 Å². The Kier molecular flexibility index (Phi) is 5.15. The van der Waals surface area contributed by atoms with Crippen molar-refractivity contribution in [2.24, 2.45) is 0 Å². The number of anilines is 1. The summed E-state index contributed by atoms with van der Waals surface area (Å²) in [5.74, 6) is -0.986. The van der Waals surface area contributed by atoms with Crippen molar-refractivity contribution in [3.63, 3.8) is 0 Å². The van der Waals surface area contributed by atoms with Gasteiger partial charge in [-0.2, -0.15) is 4.31 Å². The van der Waals surface area contributed by atoms with Crippen LogP contribution in [0.4, 0.5) is 10.1 Å². The molecule has 0 aliphatic carbocycles. The molecule has 1 aliphatic heterocycles. The number of methoxy groups -OCH3 is 1.